The summed E-state index contributed by atoms with van der Waals surface area (Å²) in [6, 6.07) is 14.7. The largest absolute Gasteiger partial charge is 0.486 e. The number of hydrazine groups is 1. The Kier molecular flexibility index (Phi) is 6.70. The minimum atomic E-state index is -0.383. The molecule has 9 nitrogen and oxygen atoms in total. The topological polar surface area (TPSA) is 142 Å². The van der Waals surface area contributed by atoms with E-state index in [0.29, 0.717) is 43.4 Å². The van der Waals surface area contributed by atoms with Crippen molar-refractivity contribution in [3.63, 3.8) is 0 Å². The molecule has 6 bridgehead atoms. The van der Waals surface area contributed by atoms with Gasteiger partial charge in [-0.05, 0) is 59.0 Å². The maximum Gasteiger partial charge on any atom is 0.165 e. The molecule has 0 saturated heterocycles. The molecule has 1 aliphatic rings. The first-order chi connectivity index (χ1) is 17.5. The Hall–Kier alpha value is -4.15. The molecule has 36 heavy (non-hydrogen) atoms. The van der Waals surface area contributed by atoms with Crippen LogP contribution in [0.4, 0.5) is 21.7 Å². The van der Waals surface area contributed by atoms with E-state index in [1.807, 2.05) is 41.3 Å². The van der Waals surface area contributed by atoms with Crippen LogP contribution in [0, 0.1) is 5.82 Å². The normalized spacial score (nSPS) is 16.1. The summed E-state index contributed by atoms with van der Waals surface area (Å²) in [4.78, 5) is 4.19. The predicted octanol–water partition coefficient (Wildman–Crippen LogP) is 3.12. The smallest absolute Gasteiger partial charge is 0.165 e. The zero-order valence-corrected chi connectivity index (χ0v) is 19.7. The van der Waals surface area contributed by atoms with Crippen LogP contribution >= 0.6 is 0 Å². The molecule has 2 aromatic carbocycles. The second-order valence-corrected chi connectivity index (χ2v) is 8.91. The maximum absolute atomic E-state index is 14.4. The maximum atomic E-state index is 14.4. The first-order valence-electron chi connectivity index (χ1n) is 11.7. The van der Waals surface area contributed by atoms with Crippen molar-refractivity contribution >= 4 is 17.3 Å². The van der Waals surface area contributed by atoms with Gasteiger partial charge in [-0.3, -0.25) is 4.68 Å². The van der Waals surface area contributed by atoms with Crippen molar-refractivity contribution in [3.05, 3.63) is 94.6 Å². The van der Waals surface area contributed by atoms with Crippen LogP contribution in [0.3, 0.4) is 0 Å². The molecule has 0 fully saturated rings. The van der Waals surface area contributed by atoms with Crippen LogP contribution in [-0.2, 0) is 19.7 Å². The van der Waals surface area contributed by atoms with Crippen molar-refractivity contribution in [1.29, 1.82) is 0 Å². The number of nitrogens with two attached hydrogens (primary N) is 3. The molecule has 10 heteroatoms. The first kappa shape index (κ1) is 23.6. The molecule has 0 spiro atoms. The van der Waals surface area contributed by atoms with Gasteiger partial charge in [0.15, 0.2) is 17.4 Å². The van der Waals surface area contributed by atoms with Gasteiger partial charge in [0.05, 0.1) is 18.4 Å². The predicted molar refractivity (Wildman–Crippen MR) is 138 cm³/mol. The summed E-state index contributed by atoms with van der Waals surface area (Å²) in [5, 5.41) is 8.04. The van der Waals surface area contributed by atoms with E-state index in [9.17, 15) is 4.39 Å². The van der Waals surface area contributed by atoms with Gasteiger partial charge in [-0.2, -0.15) is 5.10 Å². The summed E-state index contributed by atoms with van der Waals surface area (Å²) in [5.74, 6) is 6.05. The average molecular weight is 489 g/mol. The van der Waals surface area contributed by atoms with Crippen LogP contribution in [0.15, 0.2) is 60.9 Å². The van der Waals surface area contributed by atoms with Gasteiger partial charge in [-0.15, -0.1) is 0 Å². The molecule has 3 heterocycles. The number of fused-ring (bicyclic) bond motifs is 6. The van der Waals surface area contributed by atoms with E-state index in [4.69, 9.17) is 22.0 Å². The molecule has 8 N–H and O–H groups in total. The molecular weight excluding hydrogens is 459 g/mol. The van der Waals surface area contributed by atoms with Gasteiger partial charge in [-0.1, -0.05) is 30.3 Å². The van der Waals surface area contributed by atoms with E-state index >= 15 is 0 Å². The Balaban J connectivity index is 1.52. The van der Waals surface area contributed by atoms with Crippen LogP contribution < -0.4 is 32.8 Å². The van der Waals surface area contributed by atoms with Crippen molar-refractivity contribution in [3.8, 4) is 5.75 Å². The molecule has 1 aliphatic heterocycles. The van der Waals surface area contributed by atoms with E-state index in [1.165, 1.54) is 6.07 Å². The Morgan fingerprint density at radius 3 is 2.81 bits per heavy atom. The third-order valence-corrected chi connectivity index (χ3v) is 6.34. The number of aromatic nitrogens is 3. The quantitative estimate of drug-likeness (QED) is 0.214. The number of nitrogens with one attached hydrogen (secondary N) is 2. The Morgan fingerprint density at radius 2 is 1.94 bits per heavy atom. The summed E-state index contributed by atoms with van der Waals surface area (Å²) in [5.41, 5.74) is 20.2. The Morgan fingerprint density at radius 1 is 1.08 bits per heavy atom. The molecule has 0 aliphatic carbocycles. The minimum Gasteiger partial charge on any atom is -0.486 e. The zero-order valence-electron chi connectivity index (χ0n) is 19.7. The Bertz CT molecular complexity index is 1370. The summed E-state index contributed by atoms with van der Waals surface area (Å²) in [6.45, 7) is 2.07. The lowest BCUT2D eigenvalue weighted by molar-refractivity contribution is 0.289. The van der Waals surface area contributed by atoms with Crippen molar-refractivity contribution in [2.45, 2.75) is 32.0 Å². The highest BCUT2D eigenvalue weighted by molar-refractivity contribution is 5.70. The number of ether oxygens (including phenoxy) is 1. The number of nitrogens with zero attached hydrogens (tertiary/aromatic N) is 3. The first-order valence-corrected chi connectivity index (χ1v) is 11.7. The van der Waals surface area contributed by atoms with E-state index in [2.05, 4.69) is 20.8 Å². The average Bonchev–Trinajstić information content (AvgIpc) is 3.33. The minimum absolute atomic E-state index is 0.0993. The number of nitrogen functional groups attached to an aromatic ring is 3. The van der Waals surface area contributed by atoms with Crippen LogP contribution in [-0.4, -0.2) is 21.3 Å². The third-order valence-electron chi connectivity index (χ3n) is 6.34. The molecule has 186 valence electrons. The summed E-state index contributed by atoms with van der Waals surface area (Å²) < 4.78 is 22.1. The number of rotatable bonds is 2. The number of halogens is 1. The van der Waals surface area contributed by atoms with E-state index < -0.39 is 0 Å². The number of hydrogen-bond donors (Lipinski definition) is 5. The van der Waals surface area contributed by atoms with Gasteiger partial charge < -0.3 is 26.9 Å². The van der Waals surface area contributed by atoms with Gasteiger partial charge in [0.1, 0.15) is 12.4 Å². The van der Waals surface area contributed by atoms with Crippen molar-refractivity contribution in [1.82, 2.24) is 20.1 Å². The molecular formula is C26H29FN8O. The van der Waals surface area contributed by atoms with Crippen molar-refractivity contribution < 1.29 is 9.13 Å². The third kappa shape index (κ3) is 5.09. The molecule has 2 aromatic heterocycles. The van der Waals surface area contributed by atoms with Gasteiger partial charge >= 0.3 is 0 Å². The van der Waals surface area contributed by atoms with Gasteiger partial charge in [0, 0.05) is 18.7 Å². The summed E-state index contributed by atoms with van der Waals surface area (Å²) >= 11 is 0. The van der Waals surface area contributed by atoms with Crippen LogP contribution in [0.5, 0.6) is 5.75 Å². The van der Waals surface area contributed by atoms with Crippen LogP contribution in [0.2, 0.25) is 0 Å². The molecule has 4 aromatic rings. The monoisotopic (exact) mass is 488 g/mol. The fourth-order valence-corrected chi connectivity index (χ4v) is 4.55. The van der Waals surface area contributed by atoms with Crippen LogP contribution in [0.1, 0.15) is 40.2 Å². The molecule has 0 amide bonds. The highest BCUT2D eigenvalue weighted by atomic mass is 19.1. The van der Waals surface area contributed by atoms with E-state index in [0.717, 1.165) is 27.8 Å². The number of hydrogen-bond acceptors (Lipinski definition) is 8. The fourth-order valence-electron chi connectivity index (χ4n) is 4.55. The molecule has 0 radical (unpaired) electrons. The lowest BCUT2D eigenvalue weighted by Crippen LogP contribution is -2.19. The molecule has 5 rings (SSSR count). The van der Waals surface area contributed by atoms with Crippen molar-refractivity contribution in [2.75, 3.05) is 23.4 Å². The highest BCUT2D eigenvalue weighted by Crippen LogP contribution is 2.35. The molecule has 0 saturated carbocycles. The number of pyridine rings is 1. The van der Waals surface area contributed by atoms with Gasteiger partial charge in [-0.25, -0.2) is 15.2 Å². The summed E-state index contributed by atoms with van der Waals surface area (Å²) in [7, 11) is 0. The number of anilines is 3. The van der Waals surface area contributed by atoms with E-state index in [-0.39, 0.29) is 24.1 Å². The van der Waals surface area contributed by atoms with Crippen LogP contribution in [0.25, 0.3) is 0 Å². The van der Waals surface area contributed by atoms with E-state index in [1.54, 1.807) is 18.2 Å². The lowest BCUT2D eigenvalue weighted by atomic mass is 9.89. The lowest BCUT2D eigenvalue weighted by Gasteiger charge is -2.20. The Labute approximate surface area is 208 Å². The SMILES string of the molecule is NNc1nc(N)cc(C2CCNCc3ccc(F)c(c3)OCc3cccc(c3)Cn3cc2cn3)c1N. The van der Waals surface area contributed by atoms with Gasteiger partial charge in [0.2, 0.25) is 0 Å². The second kappa shape index (κ2) is 10.2. The highest BCUT2D eigenvalue weighted by Gasteiger charge is 2.22. The van der Waals surface area contributed by atoms with Crippen molar-refractivity contribution in [2.24, 2.45) is 5.84 Å². The van der Waals surface area contributed by atoms with Gasteiger partial charge in [0.25, 0.3) is 0 Å². The standard InChI is InChI=1S/C26H29FN8O/c27-22-5-4-16-9-23(22)36-15-18-3-1-2-17(8-18)13-35-14-19(12-32-35)20(6-7-31-11-16)21-10-24(28)33-26(34-30)25(21)29/h1-5,8-10,12,14,20,31H,6-7,11,13,15,29-30H2,(H3,28,33,34). The zero-order chi connectivity index (χ0) is 25.1. The summed E-state index contributed by atoms with van der Waals surface area (Å²) in [6.07, 6.45) is 4.60. The fraction of sp³-hybridized carbons (Fsp3) is 0.231. The molecule has 1 unspecified atom stereocenters. The second-order valence-electron chi connectivity index (χ2n) is 8.91. The number of benzene rings is 2. The molecule has 1 atom stereocenters.